The van der Waals surface area contributed by atoms with Gasteiger partial charge in [0.2, 0.25) is 0 Å². The van der Waals surface area contributed by atoms with Crippen molar-refractivity contribution in [3.05, 3.63) is 34.4 Å². The van der Waals surface area contributed by atoms with Crippen LogP contribution < -0.4 is 5.73 Å². The number of hydrogen-bond donors (Lipinski definition) is 2. The average Bonchev–Trinajstić information content (AvgIpc) is 2.83. The number of aryl methyl sites for hydroxylation is 1. The minimum atomic E-state index is 0.556. The molecule has 0 radical (unpaired) electrons. The highest BCUT2D eigenvalue weighted by atomic mass is 79.9. The molecule has 0 unspecified atom stereocenters. The molecule has 1 aromatic carbocycles. The number of nitrogens with one attached hydrogen (secondary N) is 1. The summed E-state index contributed by atoms with van der Waals surface area (Å²) in [6, 6.07) is 7.88. The van der Waals surface area contributed by atoms with Crippen molar-refractivity contribution in [1.82, 2.24) is 20.0 Å². The van der Waals surface area contributed by atoms with Crippen LogP contribution in [0, 0.1) is 6.92 Å². The third-order valence-corrected chi connectivity index (χ3v) is 3.19. The summed E-state index contributed by atoms with van der Waals surface area (Å²) in [6.45, 7) is 1.92. The molecule has 0 saturated carbocycles. The van der Waals surface area contributed by atoms with E-state index in [1.54, 1.807) is 4.68 Å². The van der Waals surface area contributed by atoms with Crippen LogP contribution in [0.5, 0.6) is 0 Å². The molecule has 0 aliphatic heterocycles. The van der Waals surface area contributed by atoms with Crippen LogP contribution in [-0.4, -0.2) is 20.0 Å². The van der Waals surface area contributed by atoms with Gasteiger partial charge in [-0.05, 0) is 31.2 Å². The largest absolute Gasteiger partial charge is 0.383 e. The number of nitrogens with two attached hydrogens (primary N) is 1. The zero-order valence-corrected chi connectivity index (χ0v) is 10.7. The first-order valence-electron chi connectivity index (χ1n) is 5.12. The molecule has 0 aliphatic rings. The molecule has 2 heterocycles. The van der Waals surface area contributed by atoms with Crippen LogP contribution in [0.3, 0.4) is 0 Å². The molecule has 2 aromatic heterocycles. The van der Waals surface area contributed by atoms with Crippen molar-refractivity contribution in [2.24, 2.45) is 0 Å². The molecule has 5 nitrogen and oxygen atoms in total. The molecule has 3 aromatic rings. The van der Waals surface area contributed by atoms with Gasteiger partial charge in [-0.2, -0.15) is 10.2 Å². The van der Waals surface area contributed by atoms with Crippen molar-refractivity contribution in [3.63, 3.8) is 0 Å². The number of hydrogen-bond acceptors (Lipinski definition) is 3. The number of halogens is 1. The van der Waals surface area contributed by atoms with Gasteiger partial charge in [0.15, 0.2) is 5.65 Å². The second-order valence-corrected chi connectivity index (χ2v) is 4.73. The van der Waals surface area contributed by atoms with Gasteiger partial charge in [-0.3, -0.25) is 5.10 Å². The van der Waals surface area contributed by atoms with Crippen LogP contribution in [0.1, 0.15) is 5.69 Å². The Morgan fingerprint density at radius 1 is 1.29 bits per heavy atom. The molecule has 6 heteroatoms. The Labute approximate surface area is 106 Å². The van der Waals surface area contributed by atoms with Crippen molar-refractivity contribution in [3.8, 4) is 5.69 Å². The third-order valence-electron chi connectivity index (χ3n) is 2.66. The number of rotatable bonds is 1. The van der Waals surface area contributed by atoms with Gasteiger partial charge in [0, 0.05) is 4.47 Å². The van der Waals surface area contributed by atoms with E-state index >= 15 is 0 Å². The first-order chi connectivity index (χ1) is 8.16. The molecule has 0 spiro atoms. The number of benzene rings is 1. The Hall–Kier alpha value is -1.82. The van der Waals surface area contributed by atoms with Crippen molar-refractivity contribution < 1.29 is 0 Å². The molecule has 0 amide bonds. The Morgan fingerprint density at radius 2 is 2.00 bits per heavy atom. The van der Waals surface area contributed by atoms with Crippen molar-refractivity contribution in [2.75, 3.05) is 5.73 Å². The monoisotopic (exact) mass is 291 g/mol. The summed E-state index contributed by atoms with van der Waals surface area (Å²) in [5, 5.41) is 12.3. The van der Waals surface area contributed by atoms with Gasteiger partial charge in [0.1, 0.15) is 5.82 Å². The van der Waals surface area contributed by atoms with Crippen LogP contribution in [0.4, 0.5) is 5.82 Å². The van der Waals surface area contributed by atoms with E-state index in [1.807, 2.05) is 31.2 Å². The highest BCUT2D eigenvalue weighted by Crippen LogP contribution is 2.24. The van der Waals surface area contributed by atoms with Crippen LogP contribution in [0.25, 0.3) is 16.7 Å². The lowest BCUT2D eigenvalue weighted by atomic mass is 10.3. The summed E-state index contributed by atoms with van der Waals surface area (Å²) in [4.78, 5) is 0. The molecule has 0 saturated heterocycles. The smallest absolute Gasteiger partial charge is 0.186 e. The van der Waals surface area contributed by atoms with Crippen molar-refractivity contribution >= 4 is 32.8 Å². The van der Waals surface area contributed by atoms with Gasteiger partial charge < -0.3 is 5.73 Å². The topological polar surface area (TPSA) is 72.5 Å². The average molecular weight is 292 g/mol. The van der Waals surface area contributed by atoms with Crippen LogP contribution in [0.2, 0.25) is 0 Å². The van der Waals surface area contributed by atoms with Gasteiger partial charge >= 0.3 is 0 Å². The van der Waals surface area contributed by atoms with E-state index in [-0.39, 0.29) is 0 Å². The van der Waals surface area contributed by atoms with Crippen molar-refractivity contribution in [1.29, 1.82) is 0 Å². The van der Waals surface area contributed by atoms with E-state index in [4.69, 9.17) is 5.73 Å². The molecule has 86 valence electrons. The Morgan fingerprint density at radius 3 is 2.71 bits per heavy atom. The maximum absolute atomic E-state index is 5.81. The molecular formula is C11H10BrN5. The summed E-state index contributed by atoms with van der Waals surface area (Å²) in [7, 11) is 0. The van der Waals surface area contributed by atoms with E-state index in [2.05, 4.69) is 31.2 Å². The van der Waals surface area contributed by atoms with E-state index in [0.29, 0.717) is 5.82 Å². The van der Waals surface area contributed by atoms with Crippen LogP contribution in [0.15, 0.2) is 28.7 Å². The molecule has 0 atom stereocenters. The van der Waals surface area contributed by atoms with Gasteiger partial charge in [0.25, 0.3) is 0 Å². The summed E-state index contributed by atoms with van der Waals surface area (Å²) >= 11 is 3.41. The number of nitrogen functional groups attached to an aromatic ring is 1. The summed E-state index contributed by atoms with van der Waals surface area (Å²) < 4.78 is 2.81. The Balaban J connectivity index is 2.27. The lowest BCUT2D eigenvalue weighted by Crippen LogP contribution is -1.97. The number of aromatic amines is 1. The predicted molar refractivity (Wildman–Crippen MR) is 70.1 cm³/mol. The zero-order chi connectivity index (χ0) is 12.0. The SMILES string of the molecule is Cc1nn(-c2ccc(Br)cc2)c2n[nH]c(N)c12. The molecule has 3 rings (SSSR count). The maximum Gasteiger partial charge on any atom is 0.186 e. The first kappa shape index (κ1) is 10.3. The van der Waals surface area contributed by atoms with E-state index in [9.17, 15) is 0 Å². The third kappa shape index (κ3) is 1.52. The number of H-pyrrole nitrogens is 1. The zero-order valence-electron chi connectivity index (χ0n) is 9.11. The highest BCUT2D eigenvalue weighted by Gasteiger charge is 2.14. The molecule has 0 aliphatic carbocycles. The van der Waals surface area contributed by atoms with E-state index in [1.165, 1.54) is 0 Å². The minimum absolute atomic E-state index is 0.556. The second-order valence-electron chi connectivity index (χ2n) is 3.81. The molecule has 0 fully saturated rings. The molecule has 0 bridgehead atoms. The van der Waals surface area contributed by atoms with Gasteiger partial charge in [-0.1, -0.05) is 15.9 Å². The lowest BCUT2D eigenvalue weighted by molar-refractivity contribution is 0.865. The van der Waals surface area contributed by atoms with Crippen molar-refractivity contribution in [2.45, 2.75) is 6.92 Å². The molecule has 17 heavy (non-hydrogen) atoms. The number of aromatic nitrogens is 4. The second kappa shape index (κ2) is 3.59. The fourth-order valence-corrected chi connectivity index (χ4v) is 2.13. The highest BCUT2D eigenvalue weighted by molar-refractivity contribution is 9.10. The fraction of sp³-hybridized carbons (Fsp3) is 0.0909. The van der Waals surface area contributed by atoms with E-state index < -0.39 is 0 Å². The first-order valence-corrected chi connectivity index (χ1v) is 5.91. The Kier molecular flexibility index (Phi) is 2.19. The number of nitrogens with zero attached hydrogens (tertiary/aromatic N) is 3. The van der Waals surface area contributed by atoms with Gasteiger partial charge in [0.05, 0.1) is 16.8 Å². The fourth-order valence-electron chi connectivity index (χ4n) is 1.87. The van der Waals surface area contributed by atoms with E-state index in [0.717, 1.165) is 26.9 Å². The quantitative estimate of drug-likeness (QED) is 0.723. The molecule has 3 N–H and O–H groups in total. The van der Waals surface area contributed by atoms with Gasteiger partial charge in [-0.25, -0.2) is 4.68 Å². The normalized spacial score (nSPS) is 11.2. The molecular weight excluding hydrogens is 282 g/mol. The summed E-state index contributed by atoms with van der Waals surface area (Å²) in [5.74, 6) is 0.556. The Bertz CT molecular complexity index is 680. The standard InChI is InChI=1S/C11H10BrN5/c1-6-9-10(13)14-15-11(9)17(16-6)8-4-2-7(12)3-5-8/h2-5H,1H3,(H3,13,14,15). The summed E-state index contributed by atoms with van der Waals surface area (Å²) in [6.07, 6.45) is 0. The predicted octanol–water partition coefficient (Wildman–Crippen LogP) is 2.40. The minimum Gasteiger partial charge on any atom is -0.383 e. The lowest BCUT2D eigenvalue weighted by Gasteiger charge is -2.00. The van der Waals surface area contributed by atoms with Crippen LogP contribution in [-0.2, 0) is 0 Å². The maximum atomic E-state index is 5.81. The van der Waals surface area contributed by atoms with Crippen LogP contribution >= 0.6 is 15.9 Å². The number of anilines is 1. The number of fused-ring (bicyclic) bond motifs is 1. The summed E-state index contributed by atoms with van der Waals surface area (Å²) in [5.41, 5.74) is 8.39. The van der Waals surface area contributed by atoms with Gasteiger partial charge in [-0.15, -0.1) is 0 Å².